The zero-order chi connectivity index (χ0) is 15.4. The number of hydrogen-bond donors (Lipinski definition) is 0. The molecule has 0 N–H and O–H groups in total. The molecule has 0 spiro atoms. The second kappa shape index (κ2) is 6.44. The topological polar surface area (TPSA) is 29.5 Å². The molecule has 0 saturated carbocycles. The molecule has 0 aliphatic carbocycles. The van der Waals surface area contributed by atoms with E-state index in [0.717, 1.165) is 22.4 Å². The highest BCUT2D eigenvalue weighted by molar-refractivity contribution is 5.98. The zero-order valence-electron chi connectivity index (χ0n) is 13.0. The normalized spacial score (nSPS) is 10.3. The van der Waals surface area contributed by atoms with Crippen molar-refractivity contribution in [2.45, 2.75) is 13.8 Å². The number of ether oxygens (including phenoxy) is 1. The molecule has 0 heterocycles. The Morgan fingerprint density at radius 3 is 2.43 bits per heavy atom. The van der Waals surface area contributed by atoms with Crippen molar-refractivity contribution in [3.05, 3.63) is 53.6 Å². The number of rotatable bonds is 4. The zero-order valence-corrected chi connectivity index (χ0v) is 13.0. The summed E-state index contributed by atoms with van der Waals surface area (Å²) in [5, 5.41) is 0. The Kier molecular flexibility index (Phi) is 4.63. The molecule has 2 rings (SSSR count). The predicted octanol–water partition coefficient (Wildman–Crippen LogP) is 3.90. The van der Waals surface area contributed by atoms with E-state index in [1.54, 1.807) is 0 Å². The fraction of sp³-hybridized carbons (Fsp3) is 0.278. The lowest BCUT2D eigenvalue weighted by molar-refractivity contribution is 0.0527. The molecule has 0 amide bonds. The first-order valence-electron chi connectivity index (χ1n) is 7.09. The van der Waals surface area contributed by atoms with E-state index < -0.39 is 0 Å². The summed E-state index contributed by atoms with van der Waals surface area (Å²) in [5.74, 6) is -0.277. The van der Waals surface area contributed by atoms with Gasteiger partial charge in [-0.05, 0) is 48.7 Å². The Morgan fingerprint density at radius 1 is 1.10 bits per heavy atom. The number of aryl methyl sites for hydroxylation is 1. The van der Waals surface area contributed by atoms with Crippen LogP contribution in [0.25, 0.3) is 11.1 Å². The number of carbonyl (C=O) groups excluding carboxylic acids is 1. The lowest BCUT2D eigenvalue weighted by Crippen LogP contribution is -2.11. The van der Waals surface area contributed by atoms with Crippen LogP contribution in [0.2, 0.25) is 0 Å². The van der Waals surface area contributed by atoms with Gasteiger partial charge in [-0.1, -0.05) is 24.3 Å². The third-order valence-corrected chi connectivity index (χ3v) is 3.45. The summed E-state index contributed by atoms with van der Waals surface area (Å²) < 4.78 is 5.18. The molecule has 0 radical (unpaired) electrons. The highest BCUT2D eigenvalue weighted by Crippen LogP contribution is 2.30. The fourth-order valence-electron chi connectivity index (χ4n) is 2.30. The Labute approximate surface area is 126 Å². The Balaban J connectivity index is 2.62. The van der Waals surface area contributed by atoms with Crippen molar-refractivity contribution in [2.75, 3.05) is 25.6 Å². The summed E-state index contributed by atoms with van der Waals surface area (Å²) in [5.41, 5.74) is 4.78. The van der Waals surface area contributed by atoms with Crippen LogP contribution in [0.3, 0.4) is 0 Å². The van der Waals surface area contributed by atoms with Gasteiger partial charge in [-0.2, -0.15) is 0 Å². The van der Waals surface area contributed by atoms with Crippen molar-refractivity contribution < 1.29 is 9.53 Å². The first-order valence-corrected chi connectivity index (χ1v) is 7.09. The third kappa shape index (κ3) is 3.24. The second-order valence-corrected chi connectivity index (χ2v) is 5.16. The second-order valence-electron chi connectivity index (χ2n) is 5.16. The van der Waals surface area contributed by atoms with Crippen LogP contribution in [-0.4, -0.2) is 26.7 Å². The van der Waals surface area contributed by atoms with Gasteiger partial charge in [-0.25, -0.2) is 4.79 Å². The molecule has 3 nitrogen and oxygen atoms in total. The summed E-state index contributed by atoms with van der Waals surface area (Å²) in [6.45, 7) is 4.24. The molecule has 21 heavy (non-hydrogen) atoms. The number of carbonyl (C=O) groups is 1. The number of benzene rings is 2. The fourth-order valence-corrected chi connectivity index (χ4v) is 2.30. The quantitative estimate of drug-likeness (QED) is 0.797. The van der Waals surface area contributed by atoms with E-state index in [1.165, 1.54) is 0 Å². The van der Waals surface area contributed by atoms with E-state index in [-0.39, 0.29) is 5.97 Å². The lowest BCUT2D eigenvalue weighted by Gasteiger charge is -2.17. The van der Waals surface area contributed by atoms with Crippen LogP contribution in [0.15, 0.2) is 42.5 Å². The number of anilines is 1. The molecular weight excluding hydrogens is 262 g/mol. The monoisotopic (exact) mass is 283 g/mol. The summed E-state index contributed by atoms with van der Waals surface area (Å²) in [6.07, 6.45) is 0. The van der Waals surface area contributed by atoms with Crippen molar-refractivity contribution in [1.82, 2.24) is 0 Å². The van der Waals surface area contributed by atoms with Gasteiger partial charge in [0.15, 0.2) is 0 Å². The largest absolute Gasteiger partial charge is 0.462 e. The van der Waals surface area contributed by atoms with E-state index in [4.69, 9.17) is 4.74 Å². The average molecular weight is 283 g/mol. The highest BCUT2D eigenvalue weighted by Gasteiger charge is 2.16. The van der Waals surface area contributed by atoms with E-state index in [9.17, 15) is 4.79 Å². The van der Waals surface area contributed by atoms with E-state index in [0.29, 0.717) is 12.2 Å². The molecule has 2 aromatic carbocycles. The number of hydrogen-bond acceptors (Lipinski definition) is 3. The van der Waals surface area contributed by atoms with Gasteiger partial charge in [0.05, 0.1) is 12.2 Å². The van der Waals surface area contributed by atoms with Gasteiger partial charge in [0.2, 0.25) is 0 Å². The third-order valence-electron chi connectivity index (χ3n) is 3.45. The van der Waals surface area contributed by atoms with Crippen molar-refractivity contribution >= 4 is 11.7 Å². The van der Waals surface area contributed by atoms with Crippen molar-refractivity contribution in [3.8, 4) is 11.1 Å². The Bertz CT molecular complexity index is 647. The maximum Gasteiger partial charge on any atom is 0.338 e. The van der Waals surface area contributed by atoms with Gasteiger partial charge in [-0.3, -0.25) is 0 Å². The van der Waals surface area contributed by atoms with Gasteiger partial charge in [-0.15, -0.1) is 0 Å². The lowest BCUT2D eigenvalue weighted by atomic mass is 9.95. The molecule has 3 heteroatoms. The minimum absolute atomic E-state index is 0.277. The molecule has 0 aliphatic heterocycles. The first kappa shape index (κ1) is 15.1. The minimum atomic E-state index is -0.277. The van der Waals surface area contributed by atoms with E-state index >= 15 is 0 Å². The van der Waals surface area contributed by atoms with Gasteiger partial charge < -0.3 is 9.64 Å². The highest BCUT2D eigenvalue weighted by atomic mass is 16.5. The molecule has 2 aromatic rings. The van der Waals surface area contributed by atoms with Crippen molar-refractivity contribution in [3.63, 3.8) is 0 Å². The number of nitrogens with zero attached hydrogens (tertiary/aromatic N) is 1. The summed E-state index contributed by atoms with van der Waals surface area (Å²) in [6, 6.07) is 13.9. The standard InChI is InChI=1S/C18H21NO2/c1-5-21-18(20)16-11-10-14(19(3)4)12-17(16)15-9-7-6-8-13(15)2/h6-12H,5H2,1-4H3. The van der Waals surface area contributed by atoms with Crippen LogP contribution < -0.4 is 4.90 Å². The molecule has 0 unspecified atom stereocenters. The predicted molar refractivity (Wildman–Crippen MR) is 86.9 cm³/mol. The SMILES string of the molecule is CCOC(=O)c1ccc(N(C)C)cc1-c1ccccc1C. The van der Waals surface area contributed by atoms with Crippen LogP contribution in [0.1, 0.15) is 22.8 Å². The Hall–Kier alpha value is -2.29. The van der Waals surface area contributed by atoms with E-state index in [1.807, 2.05) is 75.3 Å². The summed E-state index contributed by atoms with van der Waals surface area (Å²) >= 11 is 0. The molecule has 110 valence electrons. The van der Waals surface area contributed by atoms with Crippen molar-refractivity contribution in [1.29, 1.82) is 0 Å². The van der Waals surface area contributed by atoms with Gasteiger partial charge in [0.1, 0.15) is 0 Å². The minimum Gasteiger partial charge on any atom is -0.462 e. The van der Waals surface area contributed by atoms with Crippen LogP contribution in [0.5, 0.6) is 0 Å². The molecule has 0 aromatic heterocycles. The number of esters is 1. The molecule has 0 atom stereocenters. The van der Waals surface area contributed by atoms with Crippen LogP contribution in [0.4, 0.5) is 5.69 Å². The Morgan fingerprint density at radius 2 is 1.81 bits per heavy atom. The summed E-state index contributed by atoms with van der Waals surface area (Å²) in [4.78, 5) is 14.2. The molecule has 0 fully saturated rings. The van der Waals surface area contributed by atoms with Crippen molar-refractivity contribution in [2.24, 2.45) is 0 Å². The maximum atomic E-state index is 12.2. The molecular formula is C18H21NO2. The van der Waals surface area contributed by atoms with Gasteiger partial charge >= 0.3 is 5.97 Å². The van der Waals surface area contributed by atoms with Crippen LogP contribution in [-0.2, 0) is 4.74 Å². The average Bonchev–Trinajstić information content (AvgIpc) is 2.47. The molecule has 0 saturated heterocycles. The van der Waals surface area contributed by atoms with Crippen LogP contribution in [0, 0.1) is 6.92 Å². The first-order chi connectivity index (χ1) is 10.0. The summed E-state index contributed by atoms with van der Waals surface area (Å²) in [7, 11) is 3.97. The molecule has 0 bridgehead atoms. The molecule has 0 aliphatic rings. The maximum absolute atomic E-state index is 12.2. The van der Waals surface area contributed by atoms with Gasteiger partial charge in [0.25, 0.3) is 0 Å². The van der Waals surface area contributed by atoms with Crippen LogP contribution >= 0.6 is 0 Å². The van der Waals surface area contributed by atoms with E-state index in [2.05, 4.69) is 0 Å². The van der Waals surface area contributed by atoms with Gasteiger partial charge in [0, 0.05) is 19.8 Å². The smallest absolute Gasteiger partial charge is 0.338 e.